The standard InChI is InChI=1S/C17H24N6OS/c1-3-11-22-13(2)20-21-17(22)25-12-9-16(24)19-15-8-10-18-23(15)14-6-4-5-7-14/h3,8,10,14H,1,4-7,9,11-12H2,2H3,(H,19,24). The first-order valence-electron chi connectivity index (χ1n) is 8.66. The van der Waals surface area contributed by atoms with Gasteiger partial charge in [0.1, 0.15) is 11.6 Å². The Kier molecular flexibility index (Phi) is 5.91. The van der Waals surface area contributed by atoms with Gasteiger partial charge in [0, 0.05) is 24.8 Å². The van der Waals surface area contributed by atoms with Crippen LogP contribution in [-0.4, -0.2) is 36.2 Å². The summed E-state index contributed by atoms with van der Waals surface area (Å²) in [5, 5.41) is 16.4. The third-order valence-corrected chi connectivity index (χ3v) is 5.35. The molecule has 1 fully saturated rings. The number of aromatic nitrogens is 5. The van der Waals surface area contributed by atoms with Crippen LogP contribution in [0.2, 0.25) is 0 Å². The highest BCUT2D eigenvalue weighted by Gasteiger charge is 2.20. The van der Waals surface area contributed by atoms with Gasteiger partial charge in [0.15, 0.2) is 5.16 Å². The molecule has 0 saturated heterocycles. The van der Waals surface area contributed by atoms with Gasteiger partial charge in [0.05, 0.1) is 12.2 Å². The van der Waals surface area contributed by atoms with E-state index < -0.39 is 0 Å². The second-order valence-corrected chi connectivity index (χ2v) is 7.24. The van der Waals surface area contributed by atoms with Crippen LogP contribution in [0.5, 0.6) is 0 Å². The molecule has 2 heterocycles. The molecule has 1 aliphatic carbocycles. The van der Waals surface area contributed by atoms with E-state index in [4.69, 9.17) is 0 Å². The number of nitrogens with one attached hydrogen (secondary N) is 1. The zero-order chi connectivity index (χ0) is 17.6. The Balaban J connectivity index is 1.51. The van der Waals surface area contributed by atoms with Gasteiger partial charge < -0.3 is 9.88 Å². The lowest BCUT2D eigenvalue weighted by Crippen LogP contribution is -2.18. The number of nitrogens with zero attached hydrogens (tertiary/aromatic N) is 5. The zero-order valence-electron chi connectivity index (χ0n) is 14.5. The van der Waals surface area contributed by atoms with Crippen LogP contribution in [0.3, 0.4) is 0 Å². The number of hydrogen-bond acceptors (Lipinski definition) is 5. The molecule has 2 aromatic rings. The summed E-state index contributed by atoms with van der Waals surface area (Å²) in [4.78, 5) is 12.3. The molecule has 0 aliphatic heterocycles. The van der Waals surface area contributed by atoms with Crippen molar-refractivity contribution in [3.05, 3.63) is 30.7 Å². The number of anilines is 1. The molecule has 0 aromatic carbocycles. The monoisotopic (exact) mass is 360 g/mol. The summed E-state index contributed by atoms with van der Waals surface area (Å²) in [6.45, 7) is 6.34. The Morgan fingerprint density at radius 2 is 2.24 bits per heavy atom. The molecule has 0 unspecified atom stereocenters. The van der Waals surface area contributed by atoms with E-state index in [9.17, 15) is 4.79 Å². The van der Waals surface area contributed by atoms with Gasteiger partial charge in [-0.3, -0.25) is 4.79 Å². The zero-order valence-corrected chi connectivity index (χ0v) is 15.3. The summed E-state index contributed by atoms with van der Waals surface area (Å²) >= 11 is 1.54. The fraction of sp³-hybridized carbons (Fsp3) is 0.529. The first-order chi connectivity index (χ1) is 12.2. The number of carbonyl (C=O) groups excluding carboxylic acids is 1. The lowest BCUT2D eigenvalue weighted by Gasteiger charge is -2.14. The molecule has 3 rings (SSSR count). The highest BCUT2D eigenvalue weighted by atomic mass is 32.2. The third-order valence-electron chi connectivity index (χ3n) is 4.38. The molecule has 134 valence electrons. The van der Waals surface area contributed by atoms with Gasteiger partial charge >= 0.3 is 0 Å². The van der Waals surface area contributed by atoms with E-state index >= 15 is 0 Å². The lowest BCUT2D eigenvalue weighted by molar-refractivity contribution is -0.115. The Labute approximate surface area is 151 Å². The number of aryl methyl sites for hydroxylation is 1. The van der Waals surface area contributed by atoms with Crippen LogP contribution in [0.25, 0.3) is 0 Å². The second kappa shape index (κ2) is 8.33. The van der Waals surface area contributed by atoms with E-state index in [2.05, 4.69) is 27.2 Å². The van der Waals surface area contributed by atoms with Crippen LogP contribution in [0.15, 0.2) is 30.1 Å². The maximum absolute atomic E-state index is 12.3. The summed E-state index contributed by atoms with van der Waals surface area (Å²) in [6, 6.07) is 2.29. The van der Waals surface area contributed by atoms with Gasteiger partial charge in [0.25, 0.3) is 0 Å². The molecule has 0 radical (unpaired) electrons. The molecule has 1 N–H and O–H groups in total. The maximum Gasteiger partial charge on any atom is 0.226 e. The SMILES string of the molecule is C=CCn1c(C)nnc1SCCC(=O)Nc1ccnn1C1CCCC1. The van der Waals surface area contributed by atoms with Gasteiger partial charge in [0.2, 0.25) is 5.91 Å². The molecule has 8 heteroatoms. The van der Waals surface area contributed by atoms with Crippen molar-refractivity contribution in [2.24, 2.45) is 0 Å². The number of rotatable bonds is 8. The summed E-state index contributed by atoms with van der Waals surface area (Å²) in [5.41, 5.74) is 0. The smallest absolute Gasteiger partial charge is 0.226 e. The summed E-state index contributed by atoms with van der Waals surface area (Å²) in [6.07, 6.45) is 8.73. The predicted octanol–water partition coefficient (Wildman–Crippen LogP) is 3.21. The van der Waals surface area contributed by atoms with Crippen molar-refractivity contribution in [1.29, 1.82) is 0 Å². The van der Waals surface area contributed by atoms with Crippen molar-refractivity contribution in [3.63, 3.8) is 0 Å². The van der Waals surface area contributed by atoms with Crippen molar-refractivity contribution in [1.82, 2.24) is 24.5 Å². The molecule has 25 heavy (non-hydrogen) atoms. The number of hydrogen-bond donors (Lipinski definition) is 1. The molecule has 1 amide bonds. The molecule has 7 nitrogen and oxygen atoms in total. The molecule has 1 aliphatic rings. The molecule has 2 aromatic heterocycles. The van der Waals surface area contributed by atoms with Crippen LogP contribution in [0.1, 0.15) is 44.0 Å². The van der Waals surface area contributed by atoms with Gasteiger partial charge in [-0.1, -0.05) is 30.7 Å². The summed E-state index contributed by atoms with van der Waals surface area (Å²) in [7, 11) is 0. The van der Waals surface area contributed by atoms with Crippen molar-refractivity contribution in [3.8, 4) is 0 Å². The first kappa shape index (κ1) is 17.7. The third kappa shape index (κ3) is 4.31. The summed E-state index contributed by atoms with van der Waals surface area (Å²) < 4.78 is 3.95. The Hall–Kier alpha value is -2.09. The molecule has 0 bridgehead atoms. The van der Waals surface area contributed by atoms with Crippen LogP contribution < -0.4 is 5.32 Å². The number of allylic oxidation sites excluding steroid dienone is 1. The van der Waals surface area contributed by atoms with Gasteiger partial charge in [-0.2, -0.15) is 5.10 Å². The topological polar surface area (TPSA) is 77.6 Å². The highest BCUT2D eigenvalue weighted by molar-refractivity contribution is 7.99. The fourth-order valence-electron chi connectivity index (χ4n) is 3.10. The van der Waals surface area contributed by atoms with Crippen LogP contribution in [-0.2, 0) is 11.3 Å². The van der Waals surface area contributed by atoms with E-state index in [1.807, 2.05) is 28.3 Å². The molecular weight excluding hydrogens is 336 g/mol. The molecule has 0 spiro atoms. The number of amides is 1. The van der Waals surface area contributed by atoms with Crippen molar-refractivity contribution in [2.75, 3.05) is 11.1 Å². The normalized spacial score (nSPS) is 14.8. The minimum atomic E-state index is -0.00115. The number of carbonyl (C=O) groups is 1. The lowest BCUT2D eigenvalue weighted by atomic mass is 10.2. The van der Waals surface area contributed by atoms with E-state index in [1.54, 1.807) is 6.20 Å². The van der Waals surface area contributed by atoms with E-state index in [-0.39, 0.29) is 5.91 Å². The molecule has 0 atom stereocenters. The van der Waals surface area contributed by atoms with Gasteiger partial charge in [-0.25, -0.2) is 4.68 Å². The quantitative estimate of drug-likeness (QED) is 0.578. The van der Waals surface area contributed by atoms with E-state index in [0.29, 0.717) is 24.8 Å². The van der Waals surface area contributed by atoms with Gasteiger partial charge in [-0.15, -0.1) is 16.8 Å². The van der Waals surface area contributed by atoms with Crippen LogP contribution in [0.4, 0.5) is 5.82 Å². The Morgan fingerprint density at radius 1 is 1.44 bits per heavy atom. The van der Waals surface area contributed by atoms with Crippen LogP contribution in [0, 0.1) is 6.92 Å². The summed E-state index contributed by atoms with van der Waals surface area (Å²) in [5.74, 6) is 2.30. The predicted molar refractivity (Wildman–Crippen MR) is 98.7 cm³/mol. The average Bonchev–Trinajstić information content (AvgIpc) is 3.32. The minimum absolute atomic E-state index is 0.00115. The highest BCUT2D eigenvalue weighted by Crippen LogP contribution is 2.31. The van der Waals surface area contributed by atoms with Crippen molar-refractivity contribution < 1.29 is 4.79 Å². The molecule has 1 saturated carbocycles. The Morgan fingerprint density at radius 3 is 3.00 bits per heavy atom. The van der Waals surface area contributed by atoms with Crippen molar-refractivity contribution in [2.45, 2.75) is 56.8 Å². The minimum Gasteiger partial charge on any atom is -0.311 e. The van der Waals surface area contributed by atoms with E-state index in [0.717, 1.165) is 29.6 Å². The average molecular weight is 360 g/mol. The number of thioether (sulfide) groups is 1. The van der Waals surface area contributed by atoms with Gasteiger partial charge in [-0.05, 0) is 19.8 Å². The fourth-order valence-corrected chi connectivity index (χ4v) is 4.03. The largest absolute Gasteiger partial charge is 0.311 e. The first-order valence-corrected chi connectivity index (χ1v) is 9.64. The maximum atomic E-state index is 12.3. The van der Waals surface area contributed by atoms with Crippen molar-refractivity contribution >= 4 is 23.5 Å². The van der Waals surface area contributed by atoms with Crippen LogP contribution >= 0.6 is 11.8 Å². The molecular formula is C17H24N6OS. The Bertz CT molecular complexity index is 731. The second-order valence-electron chi connectivity index (χ2n) is 6.18. The van der Waals surface area contributed by atoms with E-state index in [1.165, 1.54) is 24.6 Å².